The van der Waals surface area contributed by atoms with E-state index in [2.05, 4.69) is 0 Å². The first-order valence-corrected chi connectivity index (χ1v) is 3.73. The average molecular weight is 158 g/mol. The predicted octanol–water partition coefficient (Wildman–Crippen LogP) is 1.16. The van der Waals surface area contributed by atoms with Crippen LogP contribution in [-0.4, -0.2) is 18.9 Å². The highest BCUT2D eigenvalue weighted by molar-refractivity contribution is 5.65. The van der Waals surface area contributed by atoms with E-state index in [-0.39, 0.29) is 5.97 Å². The summed E-state index contributed by atoms with van der Waals surface area (Å²) in [5.74, 6) is 0.0511. The van der Waals surface area contributed by atoms with Gasteiger partial charge in [0.2, 0.25) is 0 Å². The van der Waals surface area contributed by atoms with Crippen molar-refractivity contribution in [3.05, 3.63) is 0 Å². The molecule has 64 valence electrons. The molecule has 0 N–H and O–H groups in total. The summed E-state index contributed by atoms with van der Waals surface area (Å²) in [6, 6.07) is 0. The Hall–Kier alpha value is -0.860. The van der Waals surface area contributed by atoms with Crippen LogP contribution >= 0.6 is 0 Å². The number of hydrogen-bond acceptors (Lipinski definition) is 3. The summed E-state index contributed by atoms with van der Waals surface area (Å²) in [4.78, 5) is 20.3. The Kier molecular flexibility index (Phi) is 5.43. The van der Waals surface area contributed by atoms with Crippen molar-refractivity contribution in [3.63, 3.8) is 0 Å². The van der Waals surface area contributed by atoms with E-state index in [0.717, 1.165) is 12.7 Å². The molecule has 0 saturated heterocycles. The fourth-order valence-electron chi connectivity index (χ4n) is 0.686. The molecule has 0 aliphatic heterocycles. The molecule has 0 aromatic carbocycles. The number of ether oxygens (including phenoxy) is 1. The van der Waals surface area contributed by atoms with E-state index in [1.165, 1.54) is 6.92 Å². The SMILES string of the molecule is CC(=O)OCCC(C)CC=O. The molecular formula is C8H14O3. The zero-order chi connectivity index (χ0) is 8.69. The van der Waals surface area contributed by atoms with E-state index in [0.29, 0.717) is 18.9 Å². The van der Waals surface area contributed by atoms with Crippen LogP contribution in [0.25, 0.3) is 0 Å². The van der Waals surface area contributed by atoms with Gasteiger partial charge >= 0.3 is 5.97 Å². The maximum Gasteiger partial charge on any atom is 0.302 e. The predicted molar refractivity (Wildman–Crippen MR) is 41.1 cm³/mol. The molecule has 11 heavy (non-hydrogen) atoms. The molecule has 0 spiro atoms. The molecule has 0 radical (unpaired) electrons. The minimum Gasteiger partial charge on any atom is -0.466 e. The van der Waals surface area contributed by atoms with E-state index in [9.17, 15) is 9.59 Å². The molecule has 0 heterocycles. The zero-order valence-electron chi connectivity index (χ0n) is 7.00. The second-order valence-electron chi connectivity index (χ2n) is 2.64. The maximum atomic E-state index is 10.3. The highest BCUT2D eigenvalue weighted by atomic mass is 16.5. The van der Waals surface area contributed by atoms with Crippen molar-refractivity contribution >= 4 is 12.3 Å². The smallest absolute Gasteiger partial charge is 0.302 e. The molecule has 0 amide bonds. The third-order valence-corrected chi connectivity index (χ3v) is 1.41. The average Bonchev–Trinajstić information content (AvgIpc) is 1.87. The molecule has 0 aliphatic carbocycles. The van der Waals surface area contributed by atoms with Gasteiger partial charge in [-0.05, 0) is 12.3 Å². The summed E-state index contributed by atoms with van der Waals surface area (Å²) in [7, 11) is 0. The molecule has 1 atom stereocenters. The molecular weight excluding hydrogens is 144 g/mol. The molecule has 0 aromatic rings. The number of rotatable bonds is 5. The first-order chi connectivity index (χ1) is 5.16. The lowest BCUT2D eigenvalue weighted by Gasteiger charge is -2.06. The molecule has 0 rings (SSSR count). The number of esters is 1. The second kappa shape index (κ2) is 5.89. The molecule has 0 bridgehead atoms. The van der Waals surface area contributed by atoms with E-state index in [1.54, 1.807) is 0 Å². The first kappa shape index (κ1) is 10.1. The van der Waals surface area contributed by atoms with Gasteiger partial charge in [-0.25, -0.2) is 0 Å². The van der Waals surface area contributed by atoms with Gasteiger partial charge in [-0.2, -0.15) is 0 Å². The largest absolute Gasteiger partial charge is 0.466 e. The van der Waals surface area contributed by atoms with Crippen molar-refractivity contribution in [2.75, 3.05) is 6.61 Å². The van der Waals surface area contributed by atoms with Crippen molar-refractivity contribution in [2.45, 2.75) is 26.7 Å². The molecule has 0 saturated carbocycles. The first-order valence-electron chi connectivity index (χ1n) is 3.73. The number of hydrogen-bond donors (Lipinski definition) is 0. The fraction of sp³-hybridized carbons (Fsp3) is 0.750. The number of carbonyl (C=O) groups is 2. The van der Waals surface area contributed by atoms with Gasteiger partial charge in [0.1, 0.15) is 6.29 Å². The Labute approximate surface area is 66.7 Å². The maximum absolute atomic E-state index is 10.3. The lowest BCUT2D eigenvalue weighted by atomic mass is 10.1. The Balaban J connectivity index is 3.23. The second-order valence-corrected chi connectivity index (χ2v) is 2.64. The standard InChI is InChI=1S/C8H14O3/c1-7(3-5-9)4-6-11-8(2)10/h5,7H,3-4,6H2,1-2H3. The fourth-order valence-corrected chi connectivity index (χ4v) is 0.686. The Morgan fingerprint density at radius 1 is 1.64 bits per heavy atom. The van der Waals surface area contributed by atoms with Gasteiger partial charge < -0.3 is 9.53 Å². The van der Waals surface area contributed by atoms with Crippen LogP contribution in [0.5, 0.6) is 0 Å². The summed E-state index contributed by atoms with van der Waals surface area (Å²) < 4.78 is 4.70. The lowest BCUT2D eigenvalue weighted by molar-refractivity contribution is -0.141. The zero-order valence-corrected chi connectivity index (χ0v) is 7.00. The third kappa shape index (κ3) is 7.03. The summed E-state index contributed by atoms with van der Waals surface area (Å²) >= 11 is 0. The molecule has 0 aliphatic rings. The van der Waals surface area contributed by atoms with Crippen LogP contribution < -0.4 is 0 Å². The normalized spacial score (nSPS) is 12.2. The third-order valence-electron chi connectivity index (χ3n) is 1.41. The van der Waals surface area contributed by atoms with Crippen molar-refractivity contribution < 1.29 is 14.3 Å². The summed E-state index contributed by atoms with van der Waals surface area (Å²) in [5, 5.41) is 0. The molecule has 0 aromatic heterocycles. The van der Waals surface area contributed by atoms with Crippen LogP contribution in [-0.2, 0) is 14.3 Å². The summed E-state index contributed by atoms with van der Waals surface area (Å²) in [6.07, 6.45) is 2.19. The van der Waals surface area contributed by atoms with E-state index < -0.39 is 0 Å². The van der Waals surface area contributed by atoms with Gasteiger partial charge in [0.05, 0.1) is 6.61 Å². The summed E-state index contributed by atoms with van der Waals surface area (Å²) in [6.45, 7) is 3.76. The van der Waals surface area contributed by atoms with Gasteiger partial charge in [0.15, 0.2) is 0 Å². The lowest BCUT2D eigenvalue weighted by Crippen LogP contribution is -2.05. The summed E-state index contributed by atoms with van der Waals surface area (Å²) in [5.41, 5.74) is 0. The highest BCUT2D eigenvalue weighted by Gasteiger charge is 2.01. The molecule has 0 fully saturated rings. The monoisotopic (exact) mass is 158 g/mol. The molecule has 1 unspecified atom stereocenters. The quantitative estimate of drug-likeness (QED) is 0.445. The minimum atomic E-state index is -0.261. The van der Waals surface area contributed by atoms with Gasteiger partial charge in [-0.1, -0.05) is 6.92 Å². The van der Waals surface area contributed by atoms with E-state index >= 15 is 0 Å². The van der Waals surface area contributed by atoms with Gasteiger partial charge in [-0.3, -0.25) is 4.79 Å². The van der Waals surface area contributed by atoms with Crippen LogP contribution in [0.3, 0.4) is 0 Å². The van der Waals surface area contributed by atoms with Crippen LogP contribution in [0.15, 0.2) is 0 Å². The highest BCUT2D eigenvalue weighted by Crippen LogP contribution is 2.04. The molecule has 3 heteroatoms. The van der Waals surface area contributed by atoms with Crippen molar-refractivity contribution in [2.24, 2.45) is 5.92 Å². The molecule has 3 nitrogen and oxygen atoms in total. The van der Waals surface area contributed by atoms with E-state index in [4.69, 9.17) is 4.74 Å². The van der Waals surface area contributed by atoms with Gasteiger partial charge in [0, 0.05) is 13.3 Å². The Morgan fingerprint density at radius 2 is 2.27 bits per heavy atom. The number of aldehydes is 1. The Bertz CT molecular complexity index is 131. The van der Waals surface area contributed by atoms with Crippen molar-refractivity contribution in [3.8, 4) is 0 Å². The topological polar surface area (TPSA) is 43.4 Å². The van der Waals surface area contributed by atoms with E-state index in [1.807, 2.05) is 6.92 Å². The van der Waals surface area contributed by atoms with Gasteiger partial charge in [-0.15, -0.1) is 0 Å². The van der Waals surface area contributed by atoms with Crippen LogP contribution in [0.4, 0.5) is 0 Å². The van der Waals surface area contributed by atoms with Gasteiger partial charge in [0.25, 0.3) is 0 Å². The van der Waals surface area contributed by atoms with Crippen molar-refractivity contribution in [1.29, 1.82) is 0 Å². The van der Waals surface area contributed by atoms with Crippen LogP contribution in [0.2, 0.25) is 0 Å². The number of carbonyl (C=O) groups excluding carboxylic acids is 2. The Morgan fingerprint density at radius 3 is 2.73 bits per heavy atom. The van der Waals surface area contributed by atoms with Crippen molar-refractivity contribution in [1.82, 2.24) is 0 Å². The van der Waals surface area contributed by atoms with Crippen LogP contribution in [0.1, 0.15) is 26.7 Å². The van der Waals surface area contributed by atoms with Crippen LogP contribution in [0, 0.1) is 5.92 Å². The minimum absolute atomic E-state index is 0.261.